The Balaban J connectivity index is 1.61. The van der Waals surface area contributed by atoms with Gasteiger partial charge in [0.2, 0.25) is 5.91 Å². The lowest BCUT2D eigenvalue weighted by Gasteiger charge is -2.16. The molecule has 27 heavy (non-hydrogen) atoms. The molecule has 0 aliphatic carbocycles. The number of thiazole rings is 1. The molecule has 1 unspecified atom stereocenters. The predicted molar refractivity (Wildman–Crippen MR) is 106 cm³/mol. The first-order valence-electron chi connectivity index (χ1n) is 8.43. The number of nitrogens with zero attached hydrogens (tertiary/aromatic N) is 3. The normalized spacial score (nSPS) is 11.7. The second-order valence-electron chi connectivity index (χ2n) is 5.89. The fourth-order valence-electron chi connectivity index (χ4n) is 2.84. The molecular formula is C21H16N4OS. The van der Waals surface area contributed by atoms with Gasteiger partial charge in [-0.25, -0.2) is 4.98 Å². The second kappa shape index (κ2) is 7.88. The van der Waals surface area contributed by atoms with Crippen LogP contribution in [0.25, 0.3) is 10.4 Å². The first kappa shape index (κ1) is 17.1. The van der Waals surface area contributed by atoms with Gasteiger partial charge in [-0.15, -0.1) is 0 Å². The highest BCUT2D eigenvalue weighted by molar-refractivity contribution is 7.19. The van der Waals surface area contributed by atoms with Crippen LogP contribution in [0.15, 0.2) is 85.6 Å². The van der Waals surface area contributed by atoms with Gasteiger partial charge in [-0.2, -0.15) is 0 Å². The molecule has 0 bridgehead atoms. The van der Waals surface area contributed by atoms with Gasteiger partial charge in [0.15, 0.2) is 5.13 Å². The third kappa shape index (κ3) is 3.91. The molecule has 3 aromatic heterocycles. The standard InChI is InChI=1S/C21H16N4OS/c26-20(25-21-24-14-18(27-21)16-8-4-10-22-12-16)19(15-6-2-1-3-7-15)17-9-5-11-23-13-17/h1-14,19H,(H,24,25,26). The molecule has 0 saturated carbocycles. The van der Waals surface area contributed by atoms with E-state index in [9.17, 15) is 4.79 Å². The van der Waals surface area contributed by atoms with Gasteiger partial charge in [0.25, 0.3) is 0 Å². The summed E-state index contributed by atoms with van der Waals surface area (Å²) in [4.78, 5) is 26.7. The van der Waals surface area contributed by atoms with Crippen molar-refractivity contribution in [3.05, 3.63) is 96.7 Å². The summed E-state index contributed by atoms with van der Waals surface area (Å²) < 4.78 is 0. The van der Waals surface area contributed by atoms with E-state index in [0.29, 0.717) is 5.13 Å². The summed E-state index contributed by atoms with van der Waals surface area (Å²) in [5, 5.41) is 3.51. The molecule has 1 aromatic carbocycles. The summed E-state index contributed by atoms with van der Waals surface area (Å²) in [5.74, 6) is -0.591. The minimum atomic E-state index is -0.453. The van der Waals surface area contributed by atoms with Gasteiger partial charge < -0.3 is 5.32 Å². The Labute approximate surface area is 160 Å². The lowest BCUT2D eigenvalue weighted by atomic mass is 9.92. The molecule has 0 spiro atoms. The molecule has 0 fully saturated rings. The second-order valence-corrected chi connectivity index (χ2v) is 6.92. The summed E-state index contributed by atoms with van der Waals surface area (Å²) in [6.07, 6.45) is 8.68. The zero-order valence-corrected chi connectivity index (χ0v) is 15.1. The molecule has 1 atom stereocenters. The quantitative estimate of drug-likeness (QED) is 0.565. The van der Waals surface area contributed by atoms with Gasteiger partial charge in [-0.05, 0) is 23.3 Å². The number of hydrogen-bond acceptors (Lipinski definition) is 5. The Bertz CT molecular complexity index is 980. The average molecular weight is 372 g/mol. The van der Waals surface area contributed by atoms with E-state index >= 15 is 0 Å². The van der Waals surface area contributed by atoms with Crippen molar-refractivity contribution in [1.82, 2.24) is 15.0 Å². The van der Waals surface area contributed by atoms with Crippen LogP contribution >= 0.6 is 11.3 Å². The fourth-order valence-corrected chi connectivity index (χ4v) is 3.65. The van der Waals surface area contributed by atoms with Crippen LogP contribution in [0.5, 0.6) is 0 Å². The molecule has 0 aliphatic rings. The third-order valence-corrected chi connectivity index (χ3v) is 5.06. The van der Waals surface area contributed by atoms with Gasteiger partial charge in [0, 0.05) is 36.5 Å². The predicted octanol–water partition coefficient (Wildman–Crippen LogP) is 4.37. The van der Waals surface area contributed by atoms with Crippen molar-refractivity contribution in [3.8, 4) is 10.4 Å². The molecule has 0 saturated heterocycles. The number of anilines is 1. The lowest BCUT2D eigenvalue weighted by Crippen LogP contribution is -2.22. The number of carbonyl (C=O) groups is 1. The van der Waals surface area contributed by atoms with E-state index in [0.717, 1.165) is 21.6 Å². The van der Waals surface area contributed by atoms with Gasteiger partial charge in [0.1, 0.15) is 0 Å². The average Bonchev–Trinajstić information content (AvgIpc) is 3.19. The summed E-state index contributed by atoms with van der Waals surface area (Å²) in [7, 11) is 0. The highest BCUT2D eigenvalue weighted by Crippen LogP contribution is 2.30. The summed E-state index contributed by atoms with van der Waals surface area (Å²) in [6.45, 7) is 0. The van der Waals surface area contributed by atoms with E-state index in [1.54, 1.807) is 31.0 Å². The van der Waals surface area contributed by atoms with Crippen molar-refractivity contribution < 1.29 is 4.79 Å². The van der Waals surface area contributed by atoms with Gasteiger partial charge in [-0.1, -0.05) is 53.8 Å². The Hall–Kier alpha value is -3.38. The fraction of sp³-hybridized carbons (Fsp3) is 0.0476. The van der Waals surface area contributed by atoms with E-state index in [-0.39, 0.29) is 5.91 Å². The van der Waals surface area contributed by atoms with Crippen LogP contribution < -0.4 is 5.32 Å². The zero-order valence-electron chi connectivity index (χ0n) is 14.3. The number of hydrogen-bond donors (Lipinski definition) is 1. The Morgan fingerprint density at radius 1 is 0.852 bits per heavy atom. The van der Waals surface area contributed by atoms with Crippen molar-refractivity contribution in [2.45, 2.75) is 5.92 Å². The van der Waals surface area contributed by atoms with E-state index in [4.69, 9.17) is 0 Å². The highest BCUT2D eigenvalue weighted by Gasteiger charge is 2.23. The Morgan fingerprint density at radius 3 is 2.30 bits per heavy atom. The van der Waals surface area contributed by atoms with Crippen molar-refractivity contribution in [2.75, 3.05) is 5.32 Å². The number of carbonyl (C=O) groups excluding carboxylic acids is 1. The third-order valence-electron chi connectivity index (χ3n) is 4.09. The molecule has 3 heterocycles. The molecule has 6 heteroatoms. The molecule has 132 valence electrons. The summed E-state index contributed by atoms with van der Waals surface area (Å²) in [5.41, 5.74) is 2.72. The van der Waals surface area contributed by atoms with E-state index < -0.39 is 5.92 Å². The van der Waals surface area contributed by atoms with E-state index in [1.807, 2.05) is 54.6 Å². The number of aromatic nitrogens is 3. The first-order valence-corrected chi connectivity index (χ1v) is 9.25. The van der Waals surface area contributed by atoms with Gasteiger partial charge in [0.05, 0.1) is 10.8 Å². The molecule has 4 rings (SSSR count). The van der Waals surface area contributed by atoms with Crippen molar-refractivity contribution in [3.63, 3.8) is 0 Å². The van der Waals surface area contributed by atoms with E-state index in [2.05, 4.69) is 20.3 Å². The number of benzene rings is 1. The van der Waals surface area contributed by atoms with Gasteiger partial charge >= 0.3 is 0 Å². The largest absolute Gasteiger partial charge is 0.301 e. The van der Waals surface area contributed by atoms with Crippen molar-refractivity contribution in [2.24, 2.45) is 0 Å². The summed E-state index contributed by atoms with van der Waals surface area (Å²) >= 11 is 1.42. The van der Waals surface area contributed by atoms with Crippen LogP contribution in [-0.4, -0.2) is 20.9 Å². The smallest absolute Gasteiger partial charge is 0.238 e. The van der Waals surface area contributed by atoms with Crippen LogP contribution in [0, 0.1) is 0 Å². The minimum absolute atomic E-state index is 0.138. The maximum atomic E-state index is 13.1. The number of rotatable bonds is 5. The highest BCUT2D eigenvalue weighted by atomic mass is 32.1. The first-order chi connectivity index (χ1) is 13.3. The van der Waals surface area contributed by atoms with Crippen LogP contribution in [0.2, 0.25) is 0 Å². The molecule has 4 aromatic rings. The minimum Gasteiger partial charge on any atom is -0.301 e. The number of amides is 1. The van der Waals surface area contributed by atoms with Crippen LogP contribution in [0.4, 0.5) is 5.13 Å². The molecule has 1 N–H and O–H groups in total. The molecule has 0 radical (unpaired) electrons. The Kier molecular flexibility index (Phi) is 4.98. The van der Waals surface area contributed by atoms with Crippen molar-refractivity contribution in [1.29, 1.82) is 0 Å². The van der Waals surface area contributed by atoms with Crippen LogP contribution in [0.3, 0.4) is 0 Å². The lowest BCUT2D eigenvalue weighted by molar-refractivity contribution is -0.116. The topological polar surface area (TPSA) is 67.8 Å². The van der Waals surface area contributed by atoms with Crippen LogP contribution in [0.1, 0.15) is 17.0 Å². The molecule has 0 aliphatic heterocycles. The monoisotopic (exact) mass is 372 g/mol. The SMILES string of the molecule is O=C(Nc1ncc(-c2cccnc2)s1)C(c1ccccc1)c1cccnc1. The van der Waals surface area contributed by atoms with E-state index in [1.165, 1.54) is 11.3 Å². The molecule has 5 nitrogen and oxygen atoms in total. The zero-order chi connectivity index (χ0) is 18.5. The summed E-state index contributed by atoms with van der Waals surface area (Å²) in [6, 6.07) is 17.3. The van der Waals surface area contributed by atoms with Crippen LogP contribution in [-0.2, 0) is 4.79 Å². The maximum Gasteiger partial charge on any atom is 0.238 e. The van der Waals surface area contributed by atoms with Crippen molar-refractivity contribution >= 4 is 22.4 Å². The maximum absolute atomic E-state index is 13.1. The molecular weight excluding hydrogens is 356 g/mol. The van der Waals surface area contributed by atoms with Gasteiger partial charge in [-0.3, -0.25) is 14.8 Å². The number of pyridine rings is 2. The molecule has 1 amide bonds. The Morgan fingerprint density at radius 2 is 1.59 bits per heavy atom. The number of nitrogens with one attached hydrogen (secondary N) is 1.